The highest BCUT2D eigenvalue weighted by molar-refractivity contribution is 5.80. The fraction of sp³-hybridized carbons (Fsp3) is 0.833. The molecule has 0 heterocycles. The van der Waals surface area contributed by atoms with Crippen molar-refractivity contribution in [3.8, 4) is 0 Å². The highest BCUT2D eigenvalue weighted by atomic mass is 16.5. The monoisotopic (exact) mass is 242 g/mol. The van der Waals surface area contributed by atoms with Gasteiger partial charge in [0.25, 0.3) is 0 Å². The van der Waals surface area contributed by atoms with Gasteiger partial charge in [0.2, 0.25) is 5.91 Å². The molecular weight excluding hydrogens is 220 g/mol. The molecule has 1 rings (SSSR count). The van der Waals surface area contributed by atoms with E-state index in [2.05, 4.69) is 5.32 Å². The van der Waals surface area contributed by atoms with Gasteiger partial charge >= 0.3 is 5.97 Å². The van der Waals surface area contributed by atoms with E-state index in [9.17, 15) is 9.59 Å². The van der Waals surface area contributed by atoms with E-state index in [1.807, 2.05) is 0 Å². The second-order valence-corrected chi connectivity index (χ2v) is 4.38. The first-order chi connectivity index (χ1) is 8.19. The predicted octanol–water partition coefficient (Wildman–Crippen LogP) is 0.431. The second kappa shape index (κ2) is 7.27. The van der Waals surface area contributed by atoms with E-state index in [4.69, 9.17) is 10.5 Å². The zero-order chi connectivity index (χ0) is 12.7. The van der Waals surface area contributed by atoms with Gasteiger partial charge in [-0.3, -0.25) is 9.59 Å². The first-order valence-electron chi connectivity index (χ1n) is 6.32. The third kappa shape index (κ3) is 4.34. The molecule has 98 valence electrons. The average Bonchev–Trinajstić information content (AvgIpc) is 2.77. The van der Waals surface area contributed by atoms with Crippen LogP contribution < -0.4 is 11.1 Å². The average molecular weight is 242 g/mol. The molecule has 5 heteroatoms. The van der Waals surface area contributed by atoms with Crippen molar-refractivity contribution in [2.24, 2.45) is 17.6 Å². The van der Waals surface area contributed by atoms with E-state index in [1.54, 1.807) is 6.92 Å². The van der Waals surface area contributed by atoms with E-state index in [1.165, 1.54) is 0 Å². The number of nitrogens with one attached hydrogen (secondary N) is 1. The van der Waals surface area contributed by atoms with Crippen LogP contribution in [0.5, 0.6) is 0 Å². The molecule has 1 aliphatic rings. The van der Waals surface area contributed by atoms with Gasteiger partial charge in [0.15, 0.2) is 0 Å². The number of carbonyl (C=O) groups excluding carboxylic acids is 2. The highest BCUT2D eigenvalue weighted by Crippen LogP contribution is 2.30. The smallest absolute Gasteiger partial charge is 0.307 e. The summed E-state index contributed by atoms with van der Waals surface area (Å²) >= 11 is 0. The summed E-state index contributed by atoms with van der Waals surface area (Å²) in [6, 6.07) is 0. The molecule has 0 spiro atoms. The van der Waals surface area contributed by atoms with Gasteiger partial charge in [-0.2, -0.15) is 0 Å². The molecule has 17 heavy (non-hydrogen) atoms. The van der Waals surface area contributed by atoms with Gasteiger partial charge < -0.3 is 15.8 Å². The molecule has 0 aliphatic heterocycles. The number of rotatable bonds is 6. The maximum absolute atomic E-state index is 11.8. The van der Waals surface area contributed by atoms with Crippen LogP contribution in [0.15, 0.2) is 0 Å². The van der Waals surface area contributed by atoms with Gasteiger partial charge in [-0.15, -0.1) is 0 Å². The van der Waals surface area contributed by atoms with Crippen molar-refractivity contribution in [3.05, 3.63) is 0 Å². The first-order valence-corrected chi connectivity index (χ1v) is 6.32. The second-order valence-electron chi connectivity index (χ2n) is 4.38. The quantitative estimate of drug-likeness (QED) is 0.662. The summed E-state index contributed by atoms with van der Waals surface area (Å²) in [7, 11) is 0. The van der Waals surface area contributed by atoms with Crippen molar-refractivity contribution in [1.82, 2.24) is 5.32 Å². The summed E-state index contributed by atoms with van der Waals surface area (Å²) in [5.41, 5.74) is 5.62. The Morgan fingerprint density at radius 3 is 2.82 bits per heavy atom. The van der Waals surface area contributed by atoms with Gasteiger partial charge in [0.1, 0.15) is 0 Å². The summed E-state index contributed by atoms with van der Waals surface area (Å²) in [4.78, 5) is 22.9. The molecular formula is C12H22N2O3. The van der Waals surface area contributed by atoms with Crippen molar-refractivity contribution in [3.63, 3.8) is 0 Å². The highest BCUT2D eigenvalue weighted by Gasteiger charge is 2.31. The van der Waals surface area contributed by atoms with Crippen molar-refractivity contribution in [2.45, 2.75) is 32.6 Å². The summed E-state index contributed by atoms with van der Waals surface area (Å²) in [5.74, 6) is 0.0941. The van der Waals surface area contributed by atoms with Crippen LogP contribution in [-0.4, -0.2) is 31.6 Å². The molecule has 1 aliphatic carbocycles. The van der Waals surface area contributed by atoms with E-state index in [-0.39, 0.29) is 24.2 Å². The van der Waals surface area contributed by atoms with Crippen molar-refractivity contribution < 1.29 is 14.3 Å². The molecule has 2 unspecified atom stereocenters. The van der Waals surface area contributed by atoms with Gasteiger partial charge in [-0.05, 0) is 32.2 Å². The Morgan fingerprint density at radius 2 is 2.18 bits per heavy atom. The SMILES string of the molecule is CCOC(=O)CCNC(=O)C1CCCC1CN. The van der Waals surface area contributed by atoms with E-state index in [0.29, 0.717) is 25.6 Å². The summed E-state index contributed by atoms with van der Waals surface area (Å²) in [5, 5.41) is 2.78. The number of hydrogen-bond donors (Lipinski definition) is 2. The Hall–Kier alpha value is -1.10. The lowest BCUT2D eigenvalue weighted by atomic mass is 9.95. The van der Waals surface area contributed by atoms with E-state index < -0.39 is 0 Å². The molecule has 0 aromatic carbocycles. The normalized spacial score (nSPS) is 23.4. The van der Waals surface area contributed by atoms with Gasteiger partial charge in [-0.25, -0.2) is 0 Å². The summed E-state index contributed by atoms with van der Waals surface area (Å²) in [6.07, 6.45) is 3.25. The number of carbonyl (C=O) groups is 2. The molecule has 0 radical (unpaired) electrons. The Labute approximate surface area is 102 Å². The van der Waals surface area contributed by atoms with Crippen LogP contribution in [0.25, 0.3) is 0 Å². The lowest BCUT2D eigenvalue weighted by molar-refractivity contribution is -0.143. The molecule has 3 N–H and O–H groups in total. The maximum Gasteiger partial charge on any atom is 0.307 e. The van der Waals surface area contributed by atoms with Crippen LogP contribution in [-0.2, 0) is 14.3 Å². The molecule has 0 saturated heterocycles. The van der Waals surface area contributed by atoms with Crippen molar-refractivity contribution in [2.75, 3.05) is 19.7 Å². The molecule has 0 aromatic heterocycles. The fourth-order valence-electron chi connectivity index (χ4n) is 2.32. The largest absolute Gasteiger partial charge is 0.466 e. The minimum atomic E-state index is -0.269. The van der Waals surface area contributed by atoms with Crippen LogP contribution in [0.3, 0.4) is 0 Å². The minimum Gasteiger partial charge on any atom is -0.466 e. The standard InChI is InChI=1S/C12H22N2O3/c1-2-17-11(15)6-7-14-12(16)10-5-3-4-9(10)8-13/h9-10H,2-8,13H2,1H3,(H,14,16). The Balaban J connectivity index is 2.23. The molecule has 1 saturated carbocycles. The van der Waals surface area contributed by atoms with E-state index in [0.717, 1.165) is 19.3 Å². The lowest BCUT2D eigenvalue weighted by Crippen LogP contribution is -2.36. The topological polar surface area (TPSA) is 81.4 Å². The van der Waals surface area contributed by atoms with Gasteiger partial charge in [0, 0.05) is 12.5 Å². The van der Waals surface area contributed by atoms with Crippen LogP contribution in [0.4, 0.5) is 0 Å². The number of amides is 1. The summed E-state index contributed by atoms with van der Waals surface area (Å²) < 4.78 is 4.78. The third-order valence-electron chi connectivity index (χ3n) is 3.23. The van der Waals surface area contributed by atoms with Crippen LogP contribution in [0, 0.1) is 11.8 Å². The molecule has 0 bridgehead atoms. The lowest BCUT2D eigenvalue weighted by Gasteiger charge is -2.17. The fourth-order valence-corrected chi connectivity index (χ4v) is 2.32. The Kier molecular flexibility index (Phi) is 5.97. The summed E-state index contributed by atoms with van der Waals surface area (Å²) in [6.45, 7) is 3.06. The minimum absolute atomic E-state index is 0.0298. The van der Waals surface area contributed by atoms with Crippen LogP contribution in [0.1, 0.15) is 32.6 Å². The Bertz CT molecular complexity index is 268. The number of hydrogen-bond acceptors (Lipinski definition) is 4. The number of nitrogens with two attached hydrogens (primary N) is 1. The zero-order valence-corrected chi connectivity index (χ0v) is 10.4. The molecule has 1 fully saturated rings. The molecule has 2 atom stereocenters. The first kappa shape index (κ1) is 14.0. The molecule has 0 aromatic rings. The third-order valence-corrected chi connectivity index (χ3v) is 3.23. The van der Waals surface area contributed by atoms with E-state index >= 15 is 0 Å². The maximum atomic E-state index is 11.8. The molecule has 1 amide bonds. The predicted molar refractivity (Wildman–Crippen MR) is 64.1 cm³/mol. The molecule has 5 nitrogen and oxygen atoms in total. The van der Waals surface area contributed by atoms with Crippen LogP contribution >= 0.6 is 0 Å². The zero-order valence-electron chi connectivity index (χ0n) is 10.4. The van der Waals surface area contributed by atoms with Crippen molar-refractivity contribution >= 4 is 11.9 Å². The number of esters is 1. The Morgan fingerprint density at radius 1 is 1.41 bits per heavy atom. The van der Waals surface area contributed by atoms with Gasteiger partial charge in [0.05, 0.1) is 13.0 Å². The number of ether oxygens (including phenoxy) is 1. The van der Waals surface area contributed by atoms with Crippen molar-refractivity contribution in [1.29, 1.82) is 0 Å². The van der Waals surface area contributed by atoms with Gasteiger partial charge in [-0.1, -0.05) is 6.42 Å². The van der Waals surface area contributed by atoms with Crippen LogP contribution in [0.2, 0.25) is 0 Å².